The molecule has 0 saturated carbocycles. The van der Waals surface area contributed by atoms with Gasteiger partial charge < -0.3 is 15.0 Å². The number of ether oxygens (including phenoxy) is 1. The van der Waals surface area contributed by atoms with Crippen molar-refractivity contribution in [1.82, 2.24) is 20.1 Å². The van der Waals surface area contributed by atoms with E-state index in [2.05, 4.69) is 15.4 Å². The number of methoxy groups -OCH3 is 1. The summed E-state index contributed by atoms with van der Waals surface area (Å²) in [5.74, 6) is -1.08. The highest BCUT2D eigenvalue weighted by molar-refractivity contribution is 5.87. The molecule has 3 aromatic rings. The molecule has 0 aliphatic rings. The third-order valence-electron chi connectivity index (χ3n) is 4.74. The van der Waals surface area contributed by atoms with Gasteiger partial charge in [0.1, 0.15) is 24.0 Å². The molecule has 10 nitrogen and oxygen atoms in total. The van der Waals surface area contributed by atoms with Gasteiger partial charge in [-0.2, -0.15) is 5.10 Å². The Morgan fingerprint density at radius 1 is 1.34 bits per heavy atom. The highest BCUT2D eigenvalue weighted by Crippen LogP contribution is 2.22. The maximum absolute atomic E-state index is 12.5. The fraction of sp³-hybridized carbons (Fsp3) is 0.316. The second-order valence-corrected chi connectivity index (χ2v) is 6.64. The van der Waals surface area contributed by atoms with E-state index in [1.807, 2.05) is 24.3 Å². The van der Waals surface area contributed by atoms with Gasteiger partial charge in [0.25, 0.3) is 0 Å². The van der Waals surface area contributed by atoms with E-state index in [1.165, 1.54) is 25.6 Å². The van der Waals surface area contributed by atoms with Crippen molar-refractivity contribution in [2.24, 2.45) is 0 Å². The van der Waals surface area contributed by atoms with Gasteiger partial charge in [0.15, 0.2) is 0 Å². The van der Waals surface area contributed by atoms with Crippen LogP contribution in [0, 0.1) is 24.0 Å². The zero-order valence-corrected chi connectivity index (χ0v) is 16.3. The van der Waals surface area contributed by atoms with Gasteiger partial charge in [-0.3, -0.25) is 19.6 Å². The summed E-state index contributed by atoms with van der Waals surface area (Å²) in [6, 6.07) is 6.72. The van der Waals surface area contributed by atoms with Gasteiger partial charge in [-0.1, -0.05) is 18.2 Å². The SMILES string of the molecule is COC(=O)[C@@H](Cc1c[nH]c2ccccc12)NC(=O)Cn1nc(C)c([N+](=O)[O-])c1C. The van der Waals surface area contributed by atoms with E-state index >= 15 is 0 Å². The number of nitro groups is 1. The normalized spacial score (nSPS) is 12.0. The molecule has 2 N–H and O–H groups in total. The van der Waals surface area contributed by atoms with E-state index < -0.39 is 22.8 Å². The summed E-state index contributed by atoms with van der Waals surface area (Å²) in [6.45, 7) is 2.78. The van der Waals surface area contributed by atoms with Gasteiger partial charge in [0.2, 0.25) is 5.91 Å². The fourth-order valence-electron chi connectivity index (χ4n) is 3.34. The molecule has 29 heavy (non-hydrogen) atoms. The molecule has 0 fully saturated rings. The Kier molecular flexibility index (Phi) is 5.62. The third-order valence-corrected chi connectivity index (χ3v) is 4.74. The first-order chi connectivity index (χ1) is 13.8. The number of amides is 1. The van der Waals surface area contributed by atoms with Crippen LogP contribution in [0.3, 0.4) is 0 Å². The molecule has 1 amide bonds. The lowest BCUT2D eigenvalue weighted by molar-refractivity contribution is -0.386. The predicted octanol–water partition coefficient (Wildman–Crippen LogP) is 1.79. The van der Waals surface area contributed by atoms with Crippen LogP contribution in [0.1, 0.15) is 17.0 Å². The Bertz CT molecular complexity index is 1080. The Labute approximate surface area is 166 Å². The molecule has 152 valence electrons. The Morgan fingerprint density at radius 3 is 2.72 bits per heavy atom. The van der Waals surface area contributed by atoms with Crippen molar-refractivity contribution in [2.75, 3.05) is 7.11 Å². The number of carbonyl (C=O) groups is 2. The summed E-state index contributed by atoms with van der Waals surface area (Å²) in [5.41, 5.74) is 2.16. The highest BCUT2D eigenvalue weighted by Gasteiger charge is 2.26. The molecule has 0 unspecified atom stereocenters. The Hall–Kier alpha value is -3.69. The first-order valence-corrected chi connectivity index (χ1v) is 8.92. The molecule has 0 bridgehead atoms. The van der Waals surface area contributed by atoms with E-state index in [0.29, 0.717) is 0 Å². The van der Waals surface area contributed by atoms with Crippen LogP contribution in [-0.2, 0) is 27.3 Å². The predicted molar refractivity (Wildman–Crippen MR) is 104 cm³/mol. The second-order valence-electron chi connectivity index (χ2n) is 6.64. The van der Waals surface area contributed by atoms with Crippen molar-refractivity contribution in [1.29, 1.82) is 0 Å². The van der Waals surface area contributed by atoms with Gasteiger partial charge in [0, 0.05) is 23.5 Å². The minimum absolute atomic E-state index is 0.124. The lowest BCUT2D eigenvalue weighted by atomic mass is 10.0. The Morgan fingerprint density at radius 2 is 2.07 bits per heavy atom. The van der Waals surface area contributed by atoms with E-state index in [9.17, 15) is 19.7 Å². The van der Waals surface area contributed by atoms with E-state index in [1.54, 1.807) is 6.20 Å². The van der Waals surface area contributed by atoms with Crippen molar-refractivity contribution >= 4 is 28.5 Å². The molecule has 0 saturated heterocycles. The van der Waals surface area contributed by atoms with Crippen molar-refractivity contribution < 1.29 is 19.2 Å². The molecule has 0 radical (unpaired) electrons. The van der Waals surface area contributed by atoms with Crippen molar-refractivity contribution in [3.8, 4) is 0 Å². The summed E-state index contributed by atoms with van der Waals surface area (Å²) in [4.78, 5) is 38.5. The number of H-pyrrole nitrogens is 1. The smallest absolute Gasteiger partial charge is 0.328 e. The van der Waals surface area contributed by atoms with Crippen molar-refractivity contribution in [3.05, 3.63) is 57.5 Å². The molecular formula is C19H21N5O5. The first kappa shape index (κ1) is 20.1. The molecule has 10 heteroatoms. The molecule has 3 rings (SSSR count). The number of fused-ring (bicyclic) bond motifs is 1. The minimum atomic E-state index is -0.904. The van der Waals surface area contributed by atoms with E-state index in [0.717, 1.165) is 16.5 Å². The third kappa shape index (κ3) is 4.10. The molecule has 2 aromatic heterocycles. The summed E-state index contributed by atoms with van der Waals surface area (Å²) < 4.78 is 6.08. The molecular weight excluding hydrogens is 378 g/mol. The second kappa shape index (κ2) is 8.13. The zero-order chi connectivity index (χ0) is 21.1. The maximum Gasteiger partial charge on any atom is 0.328 e. The highest BCUT2D eigenvalue weighted by atomic mass is 16.6. The van der Waals surface area contributed by atoms with Crippen LogP contribution in [0.15, 0.2) is 30.5 Å². The van der Waals surface area contributed by atoms with E-state index in [-0.39, 0.29) is 30.0 Å². The quantitative estimate of drug-likeness (QED) is 0.354. The number of aromatic amines is 1. The van der Waals surface area contributed by atoms with Crippen molar-refractivity contribution in [3.63, 3.8) is 0 Å². The van der Waals surface area contributed by atoms with Gasteiger partial charge in [-0.25, -0.2) is 4.79 Å². The van der Waals surface area contributed by atoms with Gasteiger partial charge in [-0.15, -0.1) is 0 Å². The van der Waals surface area contributed by atoms with Crippen LogP contribution >= 0.6 is 0 Å². The van der Waals surface area contributed by atoms with Crippen LogP contribution < -0.4 is 5.32 Å². The fourth-order valence-corrected chi connectivity index (χ4v) is 3.34. The number of hydrogen-bond donors (Lipinski definition) is 2. The van der Waals surface area contributed by atoms with Gasteiger partial charge >= 0.3 is 11.7 Å². The van der Waals surface area contributed by atoms with Gasteiger partial charge in [-0.05, 0) is 25.5 Å². The van der Waals surface area contributed by atoms with Crippen LogP contribution in [0.5, 0.6) is 0 Å². The van der Waals surface area contributed by atoms with Gasteiger partial charge in [0.05, 0.1) is 12.0 Å². The lowest BCUT2D eigenvalue weighted by Gasteiger charge is -2.16. The van der Waals surface area contributed by atoms with Crippen LogP contribution in [0.25, 0.3) is 10.9 Å². The Balaban J connectivity index is 1.77. The lowest BCUT2D eigenvalue weighted by Crippen LogP contribution is -2.44. The minimum Gasteiger partial charge on any atom is -0.467 e. The van der Waals surface area contributed by atoms with Crippen LogP contribution in [0.4, 0.5) is 5.69 Å². The maximum atomic E-state index is 12.5. The topological polar surface area (TPSA) is 132 Å². The molecule has 0 aliphatic carbocycles. The summed E-state index contributed by atoms with van der Waals surface area (Å²) in [6.07, 6.45) is 2.02. The van der Waals surface area contributed by atoms with Crippen molar-refractivity contribution in [2.45, 2.75) is 32.9 Å². The molecule has 1 atom stereocenters. The van der Waals surface area contributed by atoms with E-state index in [4.69, 9.17) is 4.74 Å². The standard InChI is InChI=1S/C19H21N5O5/c1-11-18(24(27)28)12(2)23(22-11)10-17(25)21-16(19(26)29-3)8-13-9-20-15-7-5-4-6-14(13)15/h4-7,9,16,20H,8,10H2,1-3H3,(H,21,25)/t16-/m1/s1. The number of hydrogen-bond acceptors (Lipinski definition) is 6. The monoisotopic (exact) mass is 399 g/mol. The number of aryl methyl sites for hydroxylation is 1. The number of benzene rings is 1. The summed E-state index contributed by atoms with van der Waals surface area (Å²) in [5, 5.41) is 18.8. The molecule has 0 aliphatic heterocycles. The molecule has 2 heterocycles. The molecule has 0 spiro atoms. The first-order valence-electron chi connectivity index (χ1n) is 8.92. The molecule has 1 aromatic carbocycles. The average Bonchev–Trinajstić information content (AvgIpc) is 3.21. The summed E-state index contributed by atoms with van der Waals surface area (Å²) in [7, 11) is 1.25. The number of esters is 1. The van der Waals surface area contributed by atoms with Crippen LogP contribution in [0.2, 0.25) is 0 Å². The average molecular weight is 399 g/mol. The van der Waals surface area contributed by atoms with Crippen LogP contribution in [-0.4, -0.2) is 44.7 Å². The number of aromatic nitrogens is 3. The zero-order valence-electron chi connectivity index (χ0n) is 16.3. The number of nitrogens with one attached hydrogen (secondary N) is 2. The number of para-hydroxylation sites is 1. The number of nitrogens with zero attached hydrogens (tertiary/aromatic N) is 3. The largest absolute Gasteiger partial charge is 0.467 e. The summed E-state index contributed by atoms with van der Waals surface area (Å²) >= 11 is 0. The number of carbonyl (C=O) groups excluding carboxylic acids is 2. The number of rotatable bonds is 7.